The quantitative estimate of drug-likeness (QED) is 0.773. The van der Waals surface area contributed by atoms with E-state index in [1.165, 1.54) is 16.8 Å². The van der Waals surface area contributed by atoms with Gasteiger partial charge in [-0.25, -0.2) is 0 Å². The molecule has 16 heavy (non-hydrogen) atoms. The van der Waals surface area contributed by atoms with Gasteiger partial charge in [0.2, 0.25) is 0 Å². The van der Waals surface area contributed by atoms with Crippen molar-refractivity contribution < 1.29 is 0 Å². The molecule has 1 aromatic rings. The minimum Gasteiger partial charge on any atom is -0.384 e. The number of aryl methyl sites for hydroxylation is 2. The molecule has 0 aliphatic rings. The second kappa shape index (κ2) is 6.54. The zero-order valence-electron chi connectivity index (χ0n) is 10.7. The lowest BCUT2D eigenvalue weighted by Crippen LogP contribution is -2.16. The lowest BCUT2D eigenvalue weighted by atomic mass is 10.0. The van der Waals surface area contributed by atoms with Gasteiger partial charge in [-0.15, -0.1) is 0 Å². The van der Waals surface area contributed by atoms with Gasteiger partial charge in [-0.3, -0.25) is 0 Å². The molecule has 2 heteroatoms. The second-order valence-electron chi connectivity index (χ2n) is 4.53. The molecule has 90 valence electrons. The molecular weight excluding hydrogens is 196 g/mol. The molecule has 0 aliphatic heterocycles. The Kier molecular flexibility index (Phi) is 5.33. The first-order valence-electron chi connectivity index (χ1n) is 6.21. The van der Waals surface area contributed by atoms with Crippen LogP contribution in [0.4, 0.5) is 5.69 Å². The molecule has 2 nitrogen and oxygen atoms in total. The summed E-state index contributed by atoms with van der Waals surface area (Å²) >= 11 is 0. The highest BCUT2D eigenvalue weighted by Gasteiger charge is 2.05. The Hall–Kier alpha value is -1.02. The summed E-state index contributed by atoms with van der Waals surface area (Å²) in [5.74, 6) is 0.634. The largest absolute Gasteiger partial charge is 0.384 e. The molecule has 1 unspecified atom stereocenters. The van der Waals surface area contributed by atoms with Gasteiger partial charge in [0, 0.05) is 12.2 Å². The van der Waals surface area contributed by atoms with Gasteiger partial charge >= 0.3 is 0 Å². The maximum Gasteiger partial charge on any atom is 0.0402 e. The molecule has 1 aromatic carbocycles. The van der Waals surface area contributed by atoms with E-state index in [0.717, 1.165) is 25.9 Å². The highest BCUT2D eigenvalue weighted by molar-refractivity contribution is 5.57. The van der Waals surface area contributed by atoms with E-state index in [-0.39, 0.29) is 0 Å². The summed E-state index contributed by atoms with van der Waals surface area (Å²) in [4.78, 5) is 0. The number of nitrogens with one attached hydrogen (secondary N) is 1. The molecule has 0 radical (unpaired) electrons. The molecule has 0 saturated carbocycles. The fourth-order valence-electron chi connectivity index (χ4n) is 1.94. The summed E-state index contributed by atoms with van der Waals surface area (Å²) in [6.07, 6.45) is 2.16. The van der Waals surface area contributed by atoms with Crippen LogP contribution in [0, 0.1) is 12.8 Å². The van der Waals surface area contributed by atoms with E-state index in [9.17, 15) is 0 Å². The van der Waals surface area contributed by atoms with Crippen LogP contribution in [-0.2, 0) is 6.42 Å². The highest BCUT2D eigenvalue weighted by atomic mass is 14.9. The number of hydrogen-bond acceptors (Lipinski definition) is 2. The topological polar surface area (TPSA) is 38.0 Å². The van der Waals surface area contributed by atoms with Crippen LogP contribution in [0.25, 0.3) is 0 Å². The Bertz CT molecular complexity index is 321. The van der Waals surface area contributed by atoms with Gasteiger partial charge in [-0.2, -0.15) is 0 Å². The molecule has 0 saturated heterocycles. The van der Waals surface area contributed by atoms with Crippen LogP contribution in [0.2, 0.25) is 0 Å². The Morgan fingerprint density at radius 3 is 2.75 bits per heavy atom. The summed E-state index contributed by atoms with van der Waals surface area (Å²) < 4.78 is 0. The molecule has 0 aliphatic carbocycles. The van der Waals surface area contributed by atoms with Crippen LogP contribution in [0.15, 0.2) is 18.2 Å². The molecule has 3 N–H and O–H groups in total. The Morgan fingerprint density at radius 1 is 1.38 bits per heavy atom. The molecule has 0 amide bonds. The fourth-order valence-corrected chi connectivity index (χ4v) is 1.94. The maximum absolute atomic E-state index is 5.56. The van der Waals surface area contributed by atoms with Gasteiger partial charge in [0.15, 0.2) is 0 Å². The zero-order chi connectivity index (χ0) is 12.0. The molecule has 1 atom stereocenters. The SMILES string of the molecule is CCc1cccc(C)c1NCC(C)CCN. The lowest BCUT2D eigenvalue weighted by Gasteiger charge is -2.17. The minimum absolute atomic E-state index is 0.634. The number of rotatable bonds is 6. The molecule has 0 aromatic heterocycles. The zero-order valence-corrected chi connectivity index (χ0v) is 10.7. The van der Waals surface area contributed by atoms with Gasteiger partial charge in [0.1, 0.15) is 0 Å². The van der Waals surface area contributed by atoms with E-state index in [2.05, 4.69) is 44.3 Å². The van der Waals surface area contributed by atoms with Crippen LogP contribution in [0.1, 0.15) is 31.4 Å². The molecule has 1 rings (SSSR count). The monoisotopic (exact) mass is 220 g/mol. The van der Waals surface area contributed by atoms with Crippen LogP contribution in [-0.4, -0.2) is 13.1 Å². The van der Waals surface area contributed by atoms with Crippen LogP contribution >= 0.6 is 0 Å². The first-order chi connectivity index (χ1) is 7.69. The molecular formula is C14H24N2. The number of benzene rings is 1. The standard InChI is InChI=1S/C14H24N2/c1-4-13-7-5-6-12(3)14(13)16-10-11(2)8-9-15/h5-7,11,16H,4,8-10,15H2,1-3H3. The molecule has 0 fully saturated rings. The number of para-hydroxylation sites is 1. The van der Waals surface area contributed by atoms with Crippen molar-refractivity contribution in [3.05, 3.63) is 29.3 Å². The van der Waals surface area contributed by atoms with E-state index in [1.807, 2.05) is 0 Å². The van der Waals surface area contributed by atoms with Crippen molar-refractivity contribution in [3.8, 4) is 0 Å². The smallest absolute Gasteiger partial charge is 0.0402 e. The Balaban J connectivity index is 2.65. The first-order valence-corrected chi connectivity index (χ1v) is 6.21. The van der Waals surface area contributed by atoms with Gasteiger partial charge in [0.05, 0.1) is 0 Å². The van der Waals surface area contributed by atoms with Crippen LogP contribution in [0.5, 0.6) is 0 Å². The van der Waals surface area contributed by atoms with Crippen LogP contribution < -0.4 is 11.1 Å². The van der Waals surface area contributed by atoms with E-state index >= 15 is 0 Å². The van der Waals surface area contributed by atoms with Gasteiger partial charge in [-0.1, -0.05) is 32.0 Å². The van der Waals surface area contributed by atoms with Crippen molar-refractivity contribution in [2.45, 2.75) is 33.6 Å². The first kappa shape index (κ1) is 13.0. The number of hydrogen-bond donors (Lipinski definition) is 2. The van der Waals surface area contributed by atoms with Crippen molar-refractivity contribution in [2.75, 3.05) is 18.4 Å². The van der Waals surface area contributed by atoms with Crippen molar-refractivity contribution in [1.29, 1.82) is 0 Å². The molecule has 0 heterocycles. The van der Waals surface area contributed by atoms with E-state index in [0.29, 0.717) is 5.92 Å². The van der Waals surface area contributed by atoms with E-state index < -0.39 is 0 Å². The number of anilines is 1. The summed E-state index contributed by atoms with van der Waals surface area (Å²) in [6, 6.07) is 6.49. The van der Waals surface area contributed by atoms with Crippen molar-refractivity contribution in [2.24, 2.45) is 11.7 Å². The van der Waals surface area contributed by atoms with E-state index in [1.54, 1.807) is 0 Å². The third kappa shape index (κ3) is 3.53. The summed E-state index contributed by atoms with van der Waals surface area (Å²) in [5.41, 5.74) is 9.61. The third-order valence-corrected chi connectivity index (χ3v) is 3.03. The van der Waals surface area contributed by atoms with Gasteiger partial charge < -0.3 is 11.1 Å². The summed E-state index contributed by atoms with van der Waals surface area (Å²) in [5, 5.41) is 3.56. The third-order valence-electron chi connectivity index (χ3n) is 3.03. The minimum atomic E-state index is 0.634. The average Bonchev–Trinajstić information content (AvgIpc) is 2.27. The van der Waals surface area contributed by atoms with E-state index in [4.69, 9.17) is 5.73 Å². The summed E-state index contributed by atoms with van der Waals surface area (Å²) in [6.45, 7) is 8.38. The van der Waals surface area contributed by atoms with Crippen LogP contribution in [0.3, 0.4) is 0 Å². The Morgan fingerprint density at radius 2 is 2.12 bits per heavy atom. The van der Waals surface area contributed by atoms with Gasteiger partial charge in [-0.05, 0) is 43.4 Å². The maximum atomic E-state index is 5.56. The van der Waals surface area contributed by atoms with Crippen molar-refractivity contribution in [3.63, 3.8) is 0 Å². The summed E-state index contributed by atoms with van der Waals surface area (Å²) in [7, 11) is 0. The predicted molar refractivity (Wildman–Crippen MR) is 71.9 cm³/mol. The van der Waals surface area contributed by atoms with Crippen molar-refractivity contribution in [1.82, 2.24) is 0 Å². The Labute approximate surface area is 99.2 Å². The second-order valence-corrected chi connectivity index (χ2v) is 4.53. The highest BCUT2D eigenvalue weighted by Crippen LogP contribution is 2.21. The number of nitrogens with two attached hydrogens (primary N) is 1. The normalized spacial score (nSPS) is 12.5. The predicted octanol–water partition coefficient (Wildman–Crippen LogP) is 2.95. The lowest BCUT2D eigenvalue weighted by molar-refractivity contribution is 0.568. The fraction of sp³-hybridized carbons (Fsp3) is 0.571. The van der Waals surface area contributed by atoms with Gasteiger partial charge in [0.25, 0.3) is 0 Å². The molecule has 0 spiro atoms. The van der Waals surface area contributed by atoms with Crippen molar-refractivity contribution >= 4 is 5.69 Å². The molecule has 0 bridgehead atoms. The average molecular weight is 220 g/mol.